The molecule has 0 radical (unpaired) electrons. The Bertz CT molecular complexity index is 169. The molecule has 3 nitrogen and oxygen atoms in total. The van der Waals surface area contributed by atoms with Gasteiger partial charge in [0.2, 0.25) is 5.91 Å². The average Bonchev–Trinajstić information content (AvgIpc) is 2.87. The van der Waals surface area contributed by atoms with Gasteiger partial charge in [0, 0.05) is 12.6 Å². The van der Waals surface area contributed by atoms with Crippen LogP contribution in [-0.4, -0.2) is 30.3 Å². The summed E-state index contributed by atoms with van der Waals surface area (Å²) in [6, 6.07) is 0.763. The third-order valence-electron chi connectivity index (χ3n) is 2.04. The first-order valence-electron chi connectivity index (χ1n) is 4.89. The molecule has 0 aromatic heterocycles. The van der Waals surface area contributed by atoms with Gasteiger partial charge < -0.3 is 10.6 Å². The third kappa shape index (κ3) is 5.16. The van der Waals surface area contributed by atoms with E-state index in [9.17, 15) is 4.79 Å². The lowest BCUT2D eigenvalue weighted by molar-refractivity contribution is -0.120. The molecule has 0 aliphatic heterocycles. The summed E-state index contributed by atoms with van der Waals surface area (Å²) in [5.74, 6) is 0.0229. The van der Waals surface area contributed by atoms with Crippen molar-refractivity contribution in [3.05, 3.63) is 0 Å². The Morgan fingerprint density at radius 3 is 2.77 bits per heavy atom. The maximum absolute atomic E-state index is 11.0. The highest BCUT2D eigenvalue weighted by molar-refractivity contribution is 7.81. The number of rotatable bonds is 6. The van der Waals surface area contributed by atoms with Gasteiger partial charge in [0.05, 0.1) is 5.25 Å². The Labute approximate surface area is 85.1 Å². The van der Waals surface area contributed by atoms with Gasteiger partial charge in [-0.15, -0.1) is 0 Å². The van der Waals surface area contributed by atoms with E-state index in [1.165, 1.54) is 12.8 Å². The van der Waals surface area contributed by atoms with E-state index in [1.807, 2.05) is 0 Å². The van der Waals surface area contributed by atoms with Crippen molar-refractivity contribution in [2.24, 2.45) is 0 Å². The van der Waals surface area contributed by atoms with E-state index in [2.05, 4.69) is 23.3 Å². The lowest BCUT2D eigenvalue weighted by atomic mass is 10.4. The van der Waals surface area contributed by atoms with E-state index < -0.39 is 0 Å². The predicted octanol–water partition coefficient (Wildman–Crippen LogP) is 0.563. The molecule has 1 rings (SSSR count). The van der Waals surface area contributed by atoms with Crippen molar-refractivity contribution in [3.8, 4) is 0 Å². The van der Waals surface area contributed by atoms with Gasteiger partial charge in [-0.05, 0) is 32.7 Å². The van der Waals surface area contributed by atoms with Crippen LogP contribution in [0, 0.1) is 0 Å². The van der Waals surface area contributed by atoms with Crippen LogP contribution >= 0.6 is 12.6 Å². The summed E-state index contributed by atoms with van der Waals surface area (Å²) in [7, 11) is 0. The molecule has 1 amide bonds. The van der Waals surface area contributed by atoms with Crippen LogP contribution in [0.5, 0.6) is 0 Å². The van der Waals surface area contributed by atoms with E-state index in [1.54, 1.807) is 6.92 Å². The Balaban J connectivity index is 1.85. The summed E-state index contributed by atoms with van der Waals surface area (Å²) in [6.45, 7) is 3.54. The number of thiol groups is 1. The van der Waals surface area contributed by atoms with Crippen LogP contribution in [0.3, 0.4) is 0 Å². The maximum atomic E-state index is 11.0. The van der Waals surface area contributed by atoms with Gasteiger partial charge >= 0.3 is 0 Å². The lowest BCUT2D eigenvalue weighted by Gasteiger charge is -2.07. The molecule has 13 heavy (non-hydrogen) atoms. The summed E-state index contributed by atoms with van der Waals surface area (Å²) in [5.41, 5.74) is 0. The summed E-state index contributed by atoms with van der Waals surface area (Å²) in [6.07, 6.45) is 3.64. The molecular formula is C9H18N2OS. The topological polar surface area (TPSA) is 41.1 Å². The molecule has 0 bridgehead atoms. The van der Waals surface area contributed by atoms with Gasteiger partial charge in [0.25, 0.3) is 0 Å². The number of carbonyl (C=O) groups is 1. The highest BCUT2D eigenvalue weighted by Crippen LogP contribution is 2.18. The molecular weight excluding hydrogens is 184 g/mol. The van der Waals surface area contributed by atoms with E-state index >= 15 is 0 Å². The molecule has 1 unspecified atom stereocenters. The fourth-order valence-corrected chi connectivity index (χ4v) is 1.13. The Morgan fingerprint density at radius 2 is 2.23 bits per heavy atom. The van der Waals surface area contributed by atoms with Gasteiger partial charge in [0.1, 0.15) is 0 Å². The second-order valence-corrected chi connectivity index (χ2v) is 4.32. The number of carbonyl (C=O) groups excluding carboxylic acids is 1. The van der Waals surface area contributed by atoms with Gasteiger partial charge in [-0.2, -0.15) is 12.6 Å². The van der Waals surface area contributed by atoms with Gasteiger partial charge in [0.15, 0.2) is 0 Å². The SMILES string of the molecule is CC(S)C(=O)NCCCNC1CC1. The number of hydrogen-bond acceptors (Lipinski definition) is 3. The fraction of sp³-hybridized carbons (Fsp3) is 0.889. The van der Waals surface area contributed by atoms with Crippen molar-refractivity contribution < 1.29 is 4.79 Å². The minimum atomic E-state index is -0.198. The van der Waals surface area contributed by atoms with Crippen molar-refractivity contribution in [1.29, 1.82) is 0 Å². The van der Waals surface area contributed by atoms with Crippen LogP contribution in [-0.2, 0) is 4.79 Å². The van der Waals surface area contributed by atoms with Gasteiger partial charge in [-0.25, -0.2) is 0 Å². The van der Waals surface area contributed by atoms with Crippen molar-refractivity contribution in [3.63, 3.8) is 0 Å². The fourth-order valence-electron chi connectivity index (χ4n) is 1.04. The zero-order valence-electron chi connectivity index (χ0n) is 8.05. The highest BCUT2D eigenvalue weighted by Gasteiger charge is 2.19. The molecule has 2 N–H and O–H groups in total. The van der Waals surface area contributed by atoms with Crippen LogP contribution in [0.2, 0.25) is 0 Å². The van der Waals surface area contributed by atoms with E-state index in [4.69, 9.17) is 0 Å². The molecule has 1 fully saturated rings. The third-order valence-corrected chi connectivity index (χ3v) is 2.28. The second kappa shape index (κ2) is 5.50. The monoisotopic (exact) mass is 202 g/mol. The molecule has 1 saturated carbocycles. The van der Waals surface area contributed by atoms with Gasteiger partial charge in [-0.1, -0.05) is 0 Å². The summed E-state index contributed by atoms with van der Waals surface area (Å²) >= 11 is 4.03. The summed E-state index contributed by atoms with van der Waals surface area (Å²) < 4.78 is 0. The highest BCUT2D eigenvalue weighted by atomic mass is 32.1. The molecule has 0 aromatic rings. The minimum absolute atomic E-state index is 0.0229. The molecule has 1 aliphatic rings. The van der Waals surface area contributed by atoms with Crippen molar-refractivity contribution >= 4 is 18.5 Å². The van der Waals surface area contributed by atoms with Crippen molar-refractivity contribution in [1.82, 2.24) is 10.6 Å². The molecule has 0 aromatic carbocycles. The normalized spacial score (nSPS) is 18.3. The Hall–Kier alpha value is -0.220. The maximum Gasteiger partial charge on any atom is 0.232 e. The molecule has 1 atom stereocenters. The first kappa shape index (κ1) is 10.9. The van der Waals surface area contributed by atoms with Crippen LogP contribution in [0.4, 0.5) is 0 Å². The quantitative estimate of drug-likeness (QED) is 0.435. The first-order chi connectivity index (χ1) is 6.20. The number of amides is 1. The largest absolute Gasteiger partial charge is 0.355 e. The molecule has 4 heteroatoms. The van der Waals surface area contributed by atoms with E-state index in [-0.39, 0.29) is 11.2 Å². The van der Waals surface area contributed by atoms with Crippen LogP contribution in [0.25, 0.3) is 0 Å². The molecule has 0 spiro atoms. The van der Waals surface area contributed by atoms with E-state index in [0.29, 0.717) is 0 Å². The first-order valence-corrected chi connectivity index (χ1v) is 5.41. The lowest BCUT2D eigenvalue weighted by Crippen LogP contribution is -2.32. The molecule has 0 heterocycles. The van der Waals surface area contributed by atoms with Crippen molar-refractivity contribution in [2.75, 3.05) is 13.1 Å². The summed E-state index contributed by atoms with van der Waals surface area (Å²) in [5, 5.41) is 6.01. The predicted molar refractivity (Wildman–Crippen MR) is 57.1 cm³/mol. The molecule has 0 saturated heterocycles. The molecule has 76 valence electrons. The zero-order valence-corrected chi connectivity index (χ0v) is 8.94. The van der Waals surface area contributed by atoms with Crippen molar-refractivity contribution in [2.45, 2.75) is 37.5 Å². The van der Waals surface area contributed by atoms with E-state index in [0.717, 1.165) is 25.6 Å². The van der Waals surface area contributed by atoms with Gasteiger partial charge in [-0.3, -0.25) is 4.79 Å². The minimum Gasteiger partial charge on any atom is -0.355 e. The summed E-state index contributed by atoms with van der Waals surface area (Å²) in [4.78, 5) is 11.0. The standard InChI is InChI=1S/C9H18N2OS/c1-7(13)9(12)11-6-2-5-10-8-3-4-8/h7-8,10,13H,2-6H2,1H3,(H,11,12). The smallest absolute Gasteiger partial charge is 0.232 e. The number of nitrogens with one attached hydrogen (secondary N) is 2. The number of hydrogen-bond donors (Lipinski definition) is 3. The van der Waals surface area contributed by atoms with Crippen LogP contribution < -0.4 is 10.6 Å². The zero-order chi connectivity index (χ0) is 9.68. The Kier molecular flexibility index (Phi) is 4.59. The van der Waals surface area contributed by atoms with Crippen LogP contribution in [0.15, 0.2) is 0 Å². The second-order valence-electron chi connectivity index (χ2n) is 3.55. The Morgan fingerprint density at radius 1 is 1.54 bits per heavy atom. The van der Waals surface area contributed by atoms with Crippen LogP contribution in [0.1, 0.15) is 26.2 Å². The molecule has 1 aliphatic carbocycles. The average molecular weight is 202 g/mol.